The Morgan fingerprint density at radius 1 is 1.37 bits per heavy atom. The lowest BCUT2D eigenvalue weighted by atomic mass is 10.0. The molecular formula is C15H21ClO3. The summed E-state index contributed by atoms with van der Waals surface area (Å²) in [6.45, 7) is 8.62. The highest BCUT2D eigenvalue weighted by Gasteiger charge is 2.39. The van der Waals surface area contributed by atoms with Gasteiger partial charge in [0.05, 0.1) is 6.61 Å². The first kappa shape index (κ1) is 14.6. The molecule has 0 amide bonds. The van der Waals surface area contributed by atoms with E-state index in [0.717, 1.165) is 5.75 Å². The molecule has 0 spiro atoms. The van der Waals surface area contributed by atoms with Crippen LogP contribution in [0.25, 0.3) is 0 Å². The van der Waals surface area contributed by atoms with E-state index in [-0.39, 0.29) is 12.2 Å². The van der Waals surface area contributed by atoms with Crippen molar-refractivity contribution in [3.05, 3.63) is 29.3 Å². The van der Waals surface area contributed by atoms with Gasteiger partial charge < -0.3 is 14.2 Å². The Hall–Kier alpha value is -0.770. The van der Waals surface area contributed by atoms with Gasteiger partial charge in [-0.05, 0) is 38.0 Å². The zero-order valence-electron chi connectivity index (χ0n) is 11.9. The Morgan fingerprint density at radius 2 is 2.11 bits per heavy atom. The molecule has 2 rings (SSSR count). The molecular weight excluding hydrogens is 264 g/mol. The average molecular weight is 285 g/mol. The molecule has 3 nitrogen and oxygen atoms in total. The molecule has 0 saturated carbocycles. The van der Waals surface area contributed by atoms with Crippen LogP contribution in [0.3, 0.4) is 0 Å². The number of benzene rings is 1. The Kier molecular flexibility index (Phi) is 4.39. The maximum Gasteiger partial charge on any atom is 0.163 e. The largest absolute Gasteiger partial charge is 0.487 e. The zero-order valence-corrected chi connectivity index (χ0v) is 12.6. The van der Waals surface area contributed by atoms with E-state index >= 15 is 0 Å². The fourth-order valence-corrected chi connectivity index (χ4v) is 2.40. The van der Waals surface area contributed by atoms with Crippen molar-refractivity contribution in [2.24, 2.45) is 5.92 Å². The van der Waals surface area contributed by atoms with Crippen molar-refractivity contribution in [2.45, 2.75) is 45.7 Å². The second-order valence-electron chi connectivity index (χ2n) is 5.65. The SMILES string of the molecule is CC(C)[C@@H](Oc1cccc(Cl)c1)C1COC(C)(C)O1. The van der Waals surface area contributed by atoms with Crippen molar-refractivity contribution >= 4 is 11.6 Å². The predicted molar refractivity (Wildman–Crippen MR) is 75.6 cm³/mol. The summed E-state index contributed by atoms with van der Waals surface area (Å²) in [7, 11) is 0. The van der Waals surface area contributed by atoms with Gasteiger partial charge in [-0.2, -0.15) is 0 Å². The van der Waals surface area contributed by atoms with Gasteiger partial charge in [0.15, 0.2) is 5.79 Å². The number of hydrogen-bond donors (Lipinski definition) is 0. The lowest BCUT2D eigenvalue weighted by Crippen LogP contribution is -2.39. The lowest BCUT2D eigenvalue weighted by Gasteiger charge is -2.28. The molecule has 19 heavy (non-hydrogen) atoms. The molecule has 2 atom stereocenters. The molecule has 1 aliphatic heterocycles. The van der Waals surface area contributed by atoms with Crippen molar-refractivity contribution in [2.75, 3.05) is 6.61 Å². The van der Waals surface area contributed by atoms with E-state index in [2.05, 4.69) is 13.8 Å². The first-order valence-electron chi connectivity index (χ1n) is 6.61. The molecule has 0 aliphatic carbocycles. The van der Waals surface area contributed by atoms with Crippen molar-refractivity contribution in [1.82, 2.24) is 0 Å². The molecule has 1 aromatic rings. The maximum atomic E-state index is 6.04. The molecule has 0 aromatic heterocycles. The molecule has 0 bridgehead atoms. The van der Waals surface area contributed by atoms with Gasteiger partial charge in [-0.25, -0.2) is 0 Å². The van der Waals surface area contributed by atoms with Gasteiger partial charge in [-0.3, -0.25) is 0 Å². The van der Waals surface area contributed by atoms with Gasteiger partial charge in [0.1, 0.15) is 18.0 Å². The number of rotatable bonds is 4. The van der Waals surface area contributed by atoms with Gasteiger partial charge in [-0.15, -0.1) is 0 Å². The van der Waals surface area contributed by atoms with E-state index < -0.39 is 5.79 Å². The Morgan fingerprint density at radius 3 is 2.63 bits per heavy atom. The monoisotopic (exact) mass is 284 g/mol. The standard InChI is InChI=1S/C15H21ClO3/c1-10(2)14(13-9-17-15(3,4)19-13)18-12-7-5-6-11(16)8-12/h5-8,10,13-14H,9H2,1-4H3/t13?,14-/m1/s1. The Balaban J connectivity index is 2.09. The second-order valence-corrected chi connectivity index (χ2v) is 6.09. The summed E-state index contributed by atoms with van der Waals surface area (Å²) in [5, 5.41) is 0.670. The van der Waals surface area contributed by atoms with Crippen LogP contribution in [0.2, 0.25) is 5.02 Å². The summed E-state index contributed by atoms with van der Waals surface area (Å²) in [4.78, 5) is 0. The average Bonchev–Trinajstić information content (AvgIpc) is 2.66. The maximum absolute atomic E-state index is 6.04. The summed E-state index contributed by atoms with van der Waals surface area (Å²) >= 11 is 5.98. The van der Waals surface area contributed by atoms with E-state index in [1.54, 1.807) is 0 Å². The molecule has 4 heteroatoms. The summed E-state index contributed by atoms with van der Waals surface area (Å²) in [5.41, 5.74) is 0. The van der Waals surface area contributed by atoms with Crippen molar-refractivity contribution in [3.8, 4) is 5.75 Å². The van der Waals surface area contributed by atoms with Gasteiger partial charge in [0.2, 0.25) is 0 Å². The fourth-order valence-electron chi connectivity index (χ4n) is 2.22. The third-order valence-electron chi connectivity index (χ3n) is 3.12. The zero-order chi connectivity index (χ0) is 14.0. The summed E-state index contributed by atoms with van der Waals surface area (Å²) in [6.07, 6.45) is -0.116. The quantitative estimate of drug-likeness (QED) is 0.839. The highest BCUT2D eigenvalue weighted by Crippen LogP contribution is 2.29. The molecule has 1 saturated heterocycles. The van der Waals surface area contributed by atoms with Gasteiger partial charge in [0.25, 0.3) is 0 Å². The van der Waals surface area contributed by atoms with E-state index in [1.165, 1.54) is 0 Å². The molecule has 0 radical (unpaired) electrons. The number of ether oxygens (including phenoxy) is 3. The normalized spacial score (nSPS) is 23.6. The summed E-state index contributed by atoms with van der Waals surface area (Å²) in [6, 6.07) is 7.43. The molecule has 1 unspecified atom stereocenters. The van der Waals surface area contributed by atoms with E-state index in [4.69, 9.17) is 25.8 Å². The second kappa shape index (κ2) is 5.70. The molecule has 1 fully saturated rings. The number of halogens is 1. The van der Waals surface area contributed by atoms with Crippen LogP contribution in [0.4, 0.5) is 0 Å². The van der Waals surface area contributed by atoms with Crippen molar-refractivity contribution < 1.29 is 14.2 Å². The third kappa shape index (κ3) is 3.85. The highest BCUT2D eigenvalue weighted by molar-refractivity contribution is 6.30. The van der Waals surface area contributed by atoms with Crippen LogP contribution in [-0.2, 0) is 9.47 Å². The molecule has 1 aromatic carbocycles. The van der Waals surface area contributed by atoms with Gasteiger partial charge >= 0.3 is 0 Å². The van der Waals surface area contributed by atoms with E-state index in [1.807, 2.05) is 38.1 Å². The topological polar surface area (TPSA) is 27.7 Å². The summed E-state index contributed by atoms with van der Waals surface area (Å²) in [5.74, 6) is 0.552. The minimum absolute atomic E-state index is 0.0553. The van der Waals surface area contributed by atoms with Crippen molar-refractivity contribution in [1.29, 1.82) is 0 Å². The van der Waals surface area contributed by atoms with Crippen LogP contribution in [0, 0.1) is 5.92 Å². The third-order valence-corrected chi connectivity index (χ3v) is 3.36. The van der Waals surface area contributed by atoms with Crippen LogP contribution >= 0.6 is 11.6 Å². The number of hydrogen-bond acceptors (Lipinski definition) is 3. The van der Waals surface area contributed by atoms with Crippen molar-refractivity contribution in [3.63, 3.8) is 0 Å². The smallest absolute Gasteiger partial charge is 0.163 e. The minimum atomic E-state index is -0.532. The Labute approximate surface area is 119 Å². The first-order valence-corrected chi connectivity index (χ1v) is 6.99. The van der Waals surface area contributed by atoms with Crippen LogP contribution in [-0.4, -0.2) is 24.6 Å². The van der Waals surface area contributed by atoms with Gasteiger partial charge in [-0.1, -0.05) is 31.5 Å². The predicted octanol–water partition coefficient (Wildman–Crippen LogP) is 3.89. The van der Waals surface area contributed by atoms with Crippen LogP contribution < -0.4 is 4.74 Å². The minimum Gasteiger partial charge on any atom is -0.487 e. The van der Waals surface area contributed by atoms with Crippen LogP contribution in [0.1, 0.15) is 27.7 Å². The Bertz CT molecular complexity index is 431. The summed E-state index contributed by atoms with van der Waals surface area (Å²) < 4.78 is 17.6. The van der Waals surface area contributed by atoms with Crippen LogP contribution in [0.5, 0.6) is 5.75 Å². The molecule has 1 heterocycles. The van der Waals surface area contributed by atoms with Crippen LogP contribution in [0.15, 0.2) is 24.3 Å². The highest BCUT2D eigenvalue weighted by atomic mass is 35.5. The van der Waals surface area contributed by atoms with E-state index in [0.29, 0.717) is 17.5 Å². The fraction of sp³-hybridized carbons (Fsp3) is 0.600. The molecule has 106 valence electrons. The molecule has 1 aliphatic rings. The molecule has 0 N–H and O–H groups in total. The van der Waals surface area contributed by atoms with Gasteiger partial charge in [0, 0.05) is 5.02 Å². The first-order chi connectivity index (χ1) is 8.87. The lowest BCUT2D eigenvalue weighted by molar-refractivity contribution is -0.151. The van der Waals surface area contributed by atoms with E-state index in [9.17, 15) is 0 Å².